The van der Waals surface area contributed by atoms with E-state index in [4.69, 9.17) is 4.74 Å². The number of halogens is 1. The van der Waals surface area contributed by atoms with Crippen LogP contribution < -0.4 is 15.7 Å². The Kier molecular flexibility index (Phi) is 5.48. The highest BCUT2D eigenvalue weighted by molar-refractivity contribution is 7.99. The van der Waals surface area contributed by atoms with E-state index in [2.05, 4.69) is 20.4 Å². The Labute approximate surface area is 174 Å². The molecule has 0 spiro atoms. The molecule has 2 aromatic carbocycles. The summed E-state index contributed by atoms with van der Waals surface area (Å²) in [6.07, 6.45) is 1.50. The number of hydrogen-bond acceptors (Lipinski definition) is 6. The smallest absolute Gasteiger partial charge is 0.350 e. The van der Waals surface area contributed by atoms with Gasteiger partial charge in [-0.3, -0.25) is 9.78 Å². The van der Waals surface area contributed by atoms with Crippen LogP contribution in [0.25, 0.3) is 16.8 Å². The van der Waals surface area contributed by atoms with E-state index in [1.54, 1.807) is 43.5 Å². The van der Waals surface area contributed by atoms with E-state index in [1.807, 2.05) is 0 Å². The van der Waals surface area contributed by atoms with Gasteiger partial charge in [0, 0.05) is 11.3 Å². The normalized spacial score (nSPS) is 10.9. The highest BCUT2D eigenvalue weighted by atomic mass is 32.2. The molecule has 0 unspecified atom stereocenters. The van der Waals surface area contributed by atoms with E-state index in [-0.39, 0.29) is 22.6 Å². The number of aromatic amines is 1. The predicted molar refractivity (Wildman–Crippen MR) is 111 cm³/mol. The van der Waals surface area contributed by atoms with Gasteiger partial charge in [0.25, 0.3) is 0 Å². The van der Waals surface area contributed by atoms with Gasteiger partial charge < -0.3 is 10.1 Å². The van der Waals surface area contributed by atoms with Crippen LogP contribution in [-0.4, -0.2) is 38.4 Å². The molecular formula is C20H16FN5O3S. The van der Waals surface area contributed by atoms with E-state index in [0.29, 0.717) is 28.2 Å². The minimum absolute atomic E-state index is 0.0468. The maximum atomic E-state index is 13.2. The number of anilines is 1. The zero-order valence-electron chi connectivity index (χ0n) is 15.8. The van der Waals surface area contributed by atoms with Gasteiger partial charge >= 0.3 is 5.69 Å². The van der Waals surface area contributed by atoms with Crippen molar-refractivity contribution in [2.24, 2.45) is 0 Å². The quantitative estimate of drug-likeness (QED) is 0.461. The summed E-state index contributed by atoms with van der Waals surface area (Å²) in [6, 6.07) is 12.8. The van der Waals surface area contributed by atoms with Crippen molar-refractivity contribution in [3.8, 4) is 16.9 Å². The lowest BCUT2D eigenvalue weighted by molar-refractivity contribution is -0.113. The number of amides is 1. The van der Waals surface area contributed by atoms with E-state index >= 15 is 0 Å². The molecule has 0 saturated carbocycles. The van der Waals surface area contributed by atoms with Crippen LogP contribution >= 0.6 is 11.8 Å². The van der Waals surface area contributed by atoms with Crippen molar-refractivity contribution in [3.63, 3.8) is 0 Å². The number of hydrogen-bond donors (Lipinski definition) is 2. The second kappa shape index (κ2) is 8.37. The van der Waals surface area contributed by atoms with Gasteiger partial charge in [0.1, 0.15) is 11.6 Å². The van der Waals surface area contributed by atoms with Crippen molar-refractivity contribution in [1.29, 1.82) is 0 Å². The van der Waals surface area contributed by atoms with E-state index in [1.165, 1.54) is 18.3 Å². The number of carbonyl (C=O) groups excluding carboxylic acids is 1. The van der Waals surface area contributed by atoms with Crippen LogP contribution in [0.5, 0.6) is 5.75 Å². The fraction of sp³-hybridized carbons (Fsp3) is 0.100. The zero-order valence-corrected chi connectivity index (χ0v) is 16.6. The Hall–Kier alpha value is -3.66. The molecule has 4 rings (SSSR count). The molecule has 0 aliphatic rings. The second-order valence-corrected chi connectivity index (χ2v) is 7.18. The first-order valence-corrected chi connectivity index (χ1v) is 9.83. The lowest BCUT2D eigenvalue weighted by Gasteiger charge is -2.06. The summed E-state index contributed by atoms with van der Waals surface area (Å²) in [4.78, 5) is 31.5. The highest BCUT2D eigenvalue weighted by Crippen LogP contribution is 2.24. The van der Waals surface area contributed by atoms with Crippen molar-refractivity contribution in [1.82, 2.24) is 19.6 Å². The number of benzene rings is 2. The summed E-state index contributed by atoms with van der Waals surface area (Å²) in [6.45, 7) is 0. The first kappa shape index (κ1) is 19.6. The van der Waals surface area contributed by atoms with Gasteiger partial charge in [-0.25, -0.2) is 14.2 Å². The number of nitrogens with zero attached hydrogens (tertiary/aromatic N) is 3. The Morgan fingerprint density at radius 2 is 1.93 bits per heavy atom. The summed E-state index contributed by atoms with van der Waals surface area (Å²) in [5, 5.41) is 7.08. The molecule has 2 heterocycles. The number of methoxy groups -OCH3 is 1. The molecule has 8 nitrogen and oxygen atoms in total. The Morgan fingerprint density at radius 3 is 2.63 bits per heavy atom. The van der Waals surface area contributed by atoms with Gasteiger partial charge in [0.15, 0.2) is 10.8 Å². The molecule has 0 atom stereocenters. The Bertz CT molecular complexity index is 1250. The van der Waals surface area contributed by atoms with Crippen molar-refractivity contribution >= 4 is 29.0 Å². The number of nitrogens with one attached hydrogen (secondary N) is 2. The number of aromatic nitrogens is 4. The van der Waals surface area contributed by atoms with Crippen LogP contribution in [0.1, 0.15) is 0 Å². The molecular weight excluding hydrogens is 409 g/mol. The van der Waals surface area contributed by atoms with Crippen LogP contribution in [0, 0.1) is 5.82 Å². The van der Waals surface area contributed by atoms with Gasteiger partial charge in [-0.15, -0.1) is 0 Å². The summed E-state index contributed by atoms with van der Waals surface area (Å²) in [5.74, 6) is 0.126. The third kappa shape index (κ3) is 4.18. The number of ether oxygens (including phenoxy) is 1. The lowest BCUT2D eigenvalue weighted by Crippen LogP contribution is -2.20. The maximum Gasteiger partial charge on any atom is 0.350 e. The zero-order chi connectivity index (χ0) is 21.1. The van der Waals surface area contributed by atoms with Crippen molar-refractivity contribution in [3.05, 3.63) is 71.0 Å². The van der Waals surface area contributed by atoms with Crippen LogP contribution in [0.2, 0.25) is 0 Å². The molecule has 0 radical (unpaired) electrons. The summed E-state index contributed by atoms with van der Waals surface area (Å²) >= 11 is 1.09. The fourth-order valence-electron chi connectivity index (χ4n) is 2.77. The molecule has 0 fully saturated rings. The average molecular weight is 425 g/mol. The third-order valence-corrected chi connectivity index (χ3v) is 5.10. The second-order valence-electron chi connectivity index (χ2n) is 6.21. The third-order valence-electron chi connectivity index (χ3n) is 4.23. The van der Waals surface area contributed by atoms with Gasteiger partial charge in [0.05, 0.1) is 19.1 Å². The van der Waals surface area contributed by atoms with Crippen LogP contribution in [-0.2, 0) is 4.79 Å². The van der Waals surface area contributed by atoms with Crippen molar-refractivity contribution in [2.75, 3.05) is 18.2 Å². The number of rotatable bonds is 6. The summed E-state index contributed by atoms with van der Waals surface area (Å²) in [5.41, 5.74) is 1.74. The molecule has 4 aromatic rings. The molecule has 2 aromatic heterocycles. The molecule has 152 valence electrons. The van der Waals surface area contributed by atoms with Crippen LogP contribution in [0.15, 0.2) is 64.7 Å². The Morgan fingerprint density at radius 1 is 1.20 bits per heavy atom. The van der Waals surface area contributed by atoms with E-state index < -0.39 is 5.69 Å². The number of H-pyrrole nitrogens is 1. The molecule has 2 N–H and O–H groups in total. The van der Waals surface area contributed by atoms with Gasteiger partial charge in [-0.05, 0) is 42.0 Å². The fourth-order valence-corrected chi connectivity index (χ4v) is 3.42. The topological polar surface area (TPSA) is 101 Å². The first-order valence-electron chi connectivity index (χ1n) is 8.84. The molecule has 0 aliphatic carbocycles. The predicted octanol–water partition coefficient (Wildman–Crippen LogP) is 2.96. The minimum Gasteiger partial charge on any atom is -0.497 e. The highest BCUT2D eigenvalue weighted by Gasteiger charge is 2.13. The molecule has 0 saturated heterocycles. The van der Waals surface area contributed by atoms with Crippen LogP contribution in [0.4, 0.5) is 10.1 Å². The molecule has 30 heavy (non-hydrogen) atoms. The minimum atomic E-state index is -0.480. The number of thioether (sulfide) groups is 1. The lowest BCUT2D eigenvalue weighted by atomic mass is 10.1. The standard InChI is InChI=1S/C20H16FN5O3S/c1-29-15-8-6-14(7-9-15)23-17(27)11-30-19-24-18-16(10-22-26(18)20(28)25-19)12-2-4-13(21)5-3-12/h2-10H,11H2,1H3,(H,23,27)(H,24,25,28). The largest absolute Gasteiger partial charge is 0.497 e. The average Bonchev–Trinajstić information content (AvgIpc) is 3.18. The molecule has 0 bridgehead atoms. The maximum absolute atomic E-state index is 13.2. The van der Waals surface area contributed by atoms with E-state index in [9.17, 15) is 14.0 Å². The van der Waals surface area contributed by atoms with E-state index in [0.717, 1.165) is 16.3 Å². The van der Waals surface area contributed by atoms with Gasteiger partial charge in [-0.2, -0.15) is 9.61 Å². The molecule has 10 heteroatoms. The number of carbonyl (C=O) groups is 1. The van der Waals surface area contributed by atoms with Crippen LogP contribution in [0.3, 0.4) is 0 Å². The molecule has 1 amide bonds. The summed E-state index contributed by atoms with van der Waals surface area (Å²) < 4.78 is 19.4. The van der Waals surface area contributed by atoms with Crippen molar-refractivity contribution < 1.29 is 13.9 Å². The monoisotopic (exact) mass is 425 g/mol. The van der Waals surface area contributed by atoms with Gasteiger partial charge in [0.2, 0.25) is 5.91 Å². The number of fused-ring (bicyclic) bond motifs is 1. The Balaban J connectivity index is 1.51. The summed E-state index contributed by atoms with van der Waals surface area (Å²) in [7, 11) is 1.57. The molecule has 0 aliphatic heterocycles. The van der Waals surface area contributed by atoms with Crippen molar-refractivity contribution in [2.45, 2.75) is 5.16 Å². The SMILES string of the molecule is COc1ccc(NC(=O)CSc2nc3c(-c4ccc(F)cc4)cnn3c(=O)[nH]2)cc1. The van der Waals surface area contributed by atoms with Gasteiger partial charge in [-0.1, -0.05) is 23.9 Å². The first-order chi connectivity index (χ1) is 14.5.